The zero-order valence-corrected chi connectivity index (χ0v) is 25.0. The van der Waals surface area contributed by atoms with Crippen molar-refractivity contribution in [3.05, 3.63) is 101 Å². The molecule has 0 saturated carbocycles. The van der Waals surface area contributed by atoms with Gasteiger partial charge in [-0.05, 0) is 49.4 Å². The van der Waals surface area contributed by atoms with E-state index in [9.17, 15) is 9.59 Å². The summed E-state index contributed by atoms with van der Waals surface area (Å²) in [4.78, 5) is 46.5. The zero-order valence-electron chi connectivity index (χ0n) is 24.2. The van der Waals surface area contributed by atoms with E-state index in [-0.39, 0.29) is 17.2 Å². The van der Waals surface area contributed by atoms with Crippen LogP contribution in [0.3, 0.4) is 0 Å². The minimum atomic E-state index is -0.129. The summed E-state index contributed by atoms with van der Waals surface area (Å²) in [5.41, 5.74) is 3.71. The van der Waals surface area contributed by atoms with Crippen molar-refractivity contribution in [2.75, 3.05) is 44.2 Å². The molecule has 2 aliphatic rings. The molecule has 6 rings (SSSR count). The number of carbonyl (C=O) groups excluding carboxylic acids is 2. The lowest BCUT2D eigenvalue weighted by Crippen LogP contribution is -2.46. The lowest BCUT2D eigenvalue weighted by Gasteiger charge is -2.42. The molecule has 2 aromatic carbocycles. The van der Waals surface area contributed by atoms with Crippen molar-refractivity contribution in [1.29, 1.82) is 0 Å². The number of amides is 2. The largest absolute Gasteiger partial charge is 0.492 e. The number of para-hydroxylation sites is 1. The number of hydrogen-bond donors (Lipinski definition) is 0. The van der Waals surface area contributed by atoms with Crippen molar-refractivity contribution >= 4 is 29.1 Å². The average Bonchev–Trinajstić information content (AvgIpc) is 3.61. The third kappa shape index (κ3) is 6.85. The van der Waals surface area contributed by atoms with E-state index in [1.54, 1.807) is 17.9 Å². The van der Waals surface area contributed by atoms with Gasteiger partial charge in [0.05, 0.1) is 17.7 Å². The Balaban J connectivity index is 1.28. The van der Waals surface area contributed by atoms with Gasteiger partial charge in [-0.25, -0.2) is 15.0 Å². The molecule has 10 heteroatoms. The van der Waals surface area contributed by atoms with Gasteiger partial charge >= 0.3 is 0 Å². The molecule has 9 nitrogen and oxygen atoms in total. The Morgan fingerprint density at radius 3 is 2.40 bits per heavy atom. The molecule has 4 aromatic rings. The van der Waals surface area contributed by atoms with Crippen LogP contribution in [0.5, 0.6) is 5.75 Å². The molecule has 2 aromatic heterocycles. The molecule has 0 atom stereocenters. The first-order chi connectivity index (χ1) is 21.1. The Labute approximate surface area is 256 Å². The van der Waals surface area contributed by atoms with E-state index in [4.69, 9.17) is 4.74 Å². The quantitative estimate of drug-likeness (QED) is 0.321. The van der Waals surface area contributed by atoms with E-state index in [0.29, 0.717) is 62.3 Å². The van der Waals surface area contributed by atoms with Gasteiger partial charge < -0.3 is 19.4 Å². The molecule has 2 aliphatic heterocycles. The van der Waals surface area contributed by atoms with Crippen LogP contribution in [-0.4, -0.2) is 75.9 Å². The number of carbonyl (C=O) groups is 2. The predicted molar refractivity (Wildman–Crippen MR) is 166 cm³/mol. The number of rotatable bonds is 4. The topological polar surface area (TPSA) is 91.8 Å². The predicted octanol–water partition coefficient (Wildman–Crippen LogP) is 5.18. The van der Waals surface area contributed by atoms with Crippen LogP contribution in [-0.2, 0) is 6.54 Å². The van der Waals surface area contributed by atoms with E-state index >= 15 is 0 Å². The number of aromatic nitrogens is 3. The van der Waals surface area contributed by atoms with Gasteiger partial charge in [-0.2, -0.15) is 0 Å². The fourth-order valence-electron chi connectivity index (χ4n) is 6.01. The van der Waals surface area contributed by atoms with Crippen LogP contribution in [0.2, 0.25) is 0 Å². The van der Waals surface area contributed by atoms with Crippen LogP contribution in [0.1, 0.15) is 52.1 Å². The van der Waals surface area contributed by atoms with Crippen LogP contribution < -0.4 is 9.64 Å². The van der Waals surface area contributed by atoms with Crippen LogP contribution in [0.15, 0.2) is 83.9 Å². The summed E-state index contributed by atoms with van der Waals surface area (Å²) in [7, 11) is 0. The SMILES string of the molecule is O=C(c1cscn1)N1CCC2(CCCN(c3ncccn3)CCN(Cc3ccccc3)C(=O)c3ccccc3OC2)CC1. The van der Waals surface area contributed by atoms with Crippen molar-refractivity contribution in [3.63, 3.8) is 0 Å². The maximum Gasteiger partial charge on any atom is 0.273 e. The molecule has 1 saturated heterocycles. The third-order valence-electron chi connectivity index (χ3n) is 8.53. The maximum absolute atomic E-state index is 14.1. The average molecular weight is 597 g/mol. The molecule has 1 spiro atoms. The molecule has 222 valence electrons. The fourth-order valence-corrected chi connectivity index (χ4v) is 6.54. The Morgan fingerprint density at radius 2 is 1.63 bits per heavy atom. The first-order valence-electron chi connectivity index (χ1n) is 14.8. The van der Waals surface area contributed by atoms with Crippen molar-refractivity contribution < 1.29 is 14.3 Å². The molecule has 2 amide bonds. The number of nitrogens with zero attached hydrogens (tertiary/aromatic N) is 6. The van der Waals surface area contributed by atoms with Gasteiger partial charge in [-0.15, -0.1) is 11.3 Å². The van der Waals surface area contributed by atoms with E-state index in [0.717, 1.165) is 37.8 Å². The monoisotopic (exact) mass is 596 g/mol. The molecule has 1 fully saturated rings. The second-order valence-corrected chi connectivity index (χ2v) is 12.0. The summed E-state index contributed by atoms with van der Waals surface area (Å²) < 4.78 is 6.54. The lowest BCUT2D eigenvalue weighted by atomic mass is 9.75. The smallest absolute Gasteiger partial charge is 0.273 e. The van der Waals surface area contributed by atoms with Gasteiger partial charge in [0, 0.05) is 62.5 Å². The second kappa shape index (κ2) is 13.3. The van der Waals surface area contributed by atoms with Crippen molar-refractivity contribution in [3.8, 4) is 5.75 Å². The Kier molecular flexibility index (Phi) is 8.93. The van der Waals surface area contributed by atoms with Gasteiger partial charge in [0.25, 0.3) is 11.8 Å². The van der Waals surface area contributed by atoms with Crippen LogP contribution >= 0.6 is 11.3 Å². The standard InChI is InChI=1S/C33H36N6O3S/c40-30-27-10-4-5-11-29(27)42-24-33(13-18-37(19-14-33)31(41)28-23-43-25-36-28)12-6-17-38(32-34-15-7-16-35-32)20-21-39(30)22-26-8-2-1-3-9-26/h1-5,7-11,15-16,23,25H,6,12-14,17-22,24H2. The van der Waals surface area contributed by atoms with Crippen molar-refractivity contribution in [2.24, 2.45) is 5.41 Å². The first-order valence-corrected chi connectivity index (χ1v) is 15.8. The van der Waals surface area contributed by atoms with Gasteiger partial charge in [0.2, 0.25) is 5.95 Å². The maximum atomic E-state index is 14.1. The van der Waals surface area contributed by atoms with Gasteiger partial charge in [0.1, 0.15) is 11.4 Å². The van der Waals surface area contributed by atoms with E-state index in [2.05, 4.69) is 19.9 Å². The van der Waals surface area contributed by atoms with Crippen molar-refractivity contribution in [2.45, 2.75) is 32.2 Å². The second-order valence-electron chi connectivity index (χ2n) is 11.3. The molecule has 0 radical (unpaired) electrons. The van der Waals surface area contributed by atoms with E-state index < -0.39 is 0 Å². The number of thiazole rings is 1. The minimum Gasteiger partial charge on any atom is -0.492 e. The normalized spacial score (nSPS) is 17.8. The third-order valence-corrected chi connectivity index (χ3v) is 9.11. The summed E-state index contributed by atoms with van der Waals surface area (Å²) in [6.45, 7) is 4.15. The molecule has 0 N–H and O–H groups in total. The molecular formula is C33H36N6O3S. The Morgan fingerprint density at radius 1 is 0.860 bits per heavy atom. The number of likely N-dealkylation sites (tertiary alicyclic amines) is 1. The molecular weight excluding hydrogens is 560 g/mol. The highest BCUT2D eigenvalue weighted by Crippen LogP contribution is 2.38. The minimum absolute atomic E-state index is 0.0106. The Hall–Kier alpha value is -4.31. The van der Waals surface area contributed by atoms with Crippen LogP contribution in [0.25, 0.3) is 0 Å². The van der Waals surface area contributed by atoms with Crippen LogP contribution in [0.4, 0.5) is 5.95 Å². The van der Waals surface area contributed by atoms with Gasteiger partial charge in [-0.3, -0.25) is 9.59 Å². The number of anilines is 1. The zero-order chi connectivity index (χ0) is 29.5. The number of hydrogen-bond acceptors (Lipinski definition) is 8. The lowest BCUT2D eigenvalue weighted by molar-refractivity contribution is 0.0360. The van der Waals surface area contributed by atoms with Gasteiger partial charge in [0.15, 0.2) is 0 Å². The summed E-state index contributed by atoms with van der Waals surface area (Å²) in [6, 6.07) is 19.4. The highest BCUT2D eigenvalue weighted by Gasteiger charge is 2.38. The number of fused-ring (bicyclic) bond motifs is 1. The number of piperidine rings is 1. The summed E-state index contributed by atoms with van der Waals surface area (Å²) in [5, 5.41) is 1.81. The summed E-state index contributed by atoms with van der Waals surface area (Å²) in [5.74, 6) is 1.20. The fraction of sp³-hybridized carbons (Fsp3) is 0.364. The van der Waals surface area contributed by atoms with Crippen molar-refractivity contribution in [1.82, 2.24) is 24.8 Å². The van der Waals surface area contributed by atoms with Gasteiger partial charge in [-0.1, -0.05) is 42.5 Å². The van der Waals surface area contributed by atoms with E-state index in [1.165, 1.54) is 11.3 Å². The summed E-state index contributed by atoms with van der Waals surface area (Å²) >= 11 is 1.44. The molecule has 43 heavy (non-hydrogen) atoms. The highest BCUT2D eigenvalue weighted by atomic mass is 32.1. The molecule has 0 bridgehead atoms. The molecule has 0 unspecified atom stereocenters. The summed E-state index contributed by atoms with van der Waals surface area (Å²) in [6.07, 6.45) is 7.00. The first kappa shape index (κ1) is 28.8. The molecule has 4 heterocycles. The molecule has 0 aliphatic carbocycles. The van der Waals surface area contributed by atoms with E-state index in [1.807, 2.05) is 75.8 Å². The number of ether oxygens (including phenoxy) is 1. The highest BCUT2D eigenvalue weighted by molar-refractivity contribution is 7.07. The Bertz CT molecular complexity index is 1490. The van der Waals surface area contributed by atoms with Crippen LogP contribution in [0, 0.1) is 5.41 Å². The number of benzene rings is 2.